The molecule has 0 aromatic carbocycles. The van der Waals surface area contributed by atoms with Gasteiger partial charge in [-0.1, -0.05) is 0 Å². The lowest BCUT2D eigenvalue weighted by molar-refractivity contribution is -0.122. The van der Waals surface area contributed by atoms with Crippen molar-refractivity contribution in [2.24, 2.45) is 5.92 Å². The Kier molecular flexibility index (Phi) is 6.25. The normalized spacial score (nSPS) is 18.4. The van der Waals surface area contributed by atoms with E-state index in [9.17, 15) is 9.59 Å². The molecule has 2 rings (SSSR count). The summed E-state index contributed by atoms with van der Waals surface area (Å²) in [5.74, 6) is 1.06. The molecule has 0 spiro atoms. The maximum absolute atomic E-state index is 11.9. The predicted molar refractivity (Wildman–Crippen MR) is 89.3 cm³/mol. The summed E-state index contributed by atoms with van der Waals surface area (Å²) < 4.78 is 10.4. The third-order valence-electron chi connectivity index (χ3n) is 3.71. The van der Waals surface area contributed by atoms with Crippen molar-refractivity contribution in [3.63, 3.8) is 0 Å². The highest BCUT2D eigenvalue weighted by atomic mass is 16.6. The topological polar surface area (TPSA) is 83.8 Å². The van der Waals surface area contributed by atoms with E-state index >= 15 is 0 Å². The molecular weight excluding hydrogens is 310 g/mol. The van der Waals surface area contributed by atoms with Gasteiger partial charge in [0.1, 0.15) is 11.4 Å². The molecule has 0 aliphatic carbocycles. The molecule has 2 N–H and O–H groups in total. The third-order valence-corrected chi connectivity index (χ3v) is 3.71. The van der Waals surface area contributed by atoms with Crippen LogP contribution < -0.4 is 10.6 Å². The molecule has 0 bridgehead atoms. The number of nitrogens with one attached hydrogen (secondary N) is 2. The van der Waals surface area contributed by atoms with Gasteiger partial charge in [-0.05, 0) is 51.8 Å². The Morgan fingerprint density at radius 3 is 2.83 bits per heavy atom. The summed E-state index contributed by atoms with van der Waals surface area (Å²) in [7, 11) is 0. The van der Waals surface area contributed by atoms with Crippen LogP contribution in [0.1, 0.15) is 33.0 Å². The van der Waals surface area contributed by atoms with Crippen LogP contribution in [0.5, 0.6) is 0 Å². The highest BCUT2D eigenvalue weighted by molar-refractivity contribution is 5.78. The molecule has 134 valence electrons. The number of alkyl carbamates (subject to hydrolysis) is 1. The number of hydrogen-bond acceptors (Lipinski definition) is 5. The Labute approximate surface area is 142 Å². The molecule has 1 atom stereocenters. The Bertz CT molecular complexity index is 537. The predicted octanol–water partition coefficient (Wildman–Crippen LogP) is 1.74. The van der Waals surface area contributed by atoms with Gasteiger partial charge in [-0.15, -0.1) is 0 Å². The lowest BCUT2D eigenvalue weighted by atomic mass is 10.1. The third kappa shape index (κ3) is 6.62. The summed E-state index contributed by atoms with van der Waals surface area (Å²) in [6, 6.07) is 3.62. The second-order valence-electron chi connectivity index (χ2n) is 7.13. The Morgan fingerprint density at radius 2 is 2.17 bits per heavy atom. The van der Waals surface area contributed by atoms with Crippen molar-refractivity contribution in [2.75, 3.05) is 26.2 Å². The molecular formula is C17H27N3O4. The SMILES string of the molecule is CC(C)(C)OC(=O)NC[C@@H]1CCN(CC(=O)NCc2ccco2)C1. The van der Waals surface area contributed by atoms with Crippen LogP contribution in [0.4, 0.5) is 4.79 Å². The van der Waals surface area contributed by atoms with Crippen LogP contribution in [-0.2, 0) is 16.1 Å². The van der Waals surface area contributed by atoms with Crippen LogP contribution in [-0.4, -0.2) is 48.7 Å². The number of nitrogens with zero attached hydrogens (tertiary/aromatic N) is 1. The van der Waals surface area contributed by atoms with Gasteiger partial charge in [0.05, 0.1) is 19.4 Å². The van der Waals surface area contributed by atoms with E-state index in [-0.39, 0.29) is 5.91 Å². The Hall–Kier alpha value is -2.02. The summed E-state index contributed by atoms with van der Waals surface area (Å²) in [4.78, 5) is 25.7. The van der Waals surface area contributed by atoms with Gasteiger partial charge in [0, 0.05) is 13.1 Å². The van der Waals surface area contributed by atoms with Crippen LogP contribution in [0.2, 0.25) is 0 Å². The van der Waals surface area contributed by atoms with Crippen molar-refractivity contribution >= 4 is 12.0 Å². The molecule has 1 aromatic rings. The van der Waals surface area contributed by atoms with Crippen molar-refractivity contribution in [1.82, 2.24) is 15.5 Å². The standard InChI is InChI=1S/C17H27N3O4/c1-17(2,3)24-16(22)19-9-13-6-7-20(11-13)12-15(21)18-10-14-5-4-8-23-14/h4-5,8,13H,6-7,9-12H2,1-3H3,(H,18,21)(H,19,22)/t13-/m0/s1. The summed E-state index contributed by atoms with van der Waals surface area (Å²) in [6.45, 7) is 8.51. The first kappa shape index (κ1) is 18.3. The fourth-order valence-electron chi connectivity index (χ4n) is 2.62. The van der Waals surface area contributed by atoms with Crippen molar-refractivity contribution in [1.29, 1.82) is 0 Å². The van der Waals surface area contributed by atoms with Crippen LogP contribution in [0.15, 0.2) is 22.8 Å². The van der Waals surface area contributed by atoms with E-state index in [4.69, 9.17) is 9.15 Å². The van der Waals surface area contributed by atoms with Gasteiger partial charge in [0.25, 0.3) is 0 Å². The fraction of sp³-hybridized carbons (Fsp3) is 0.647. The molecule has 2 heterocycles. The van der Waals surface area contributed by atoms with Crippen LogP contribution >= 0.6 is 0 Å². The summed E-state index contributed by atoms with van der Waals surface area (Å²) in [6.07, 6.45) is 2.16. The lowest BCUT2D eigenvalue weighted by Crippen LogP contribution is -2.38. The molecule has 24 heavy (non-hydrogen) atoms. The quantitative estimate of drug-likeness (QED) is 0.826. The first-order chi connectivity index (χ1) is 11.3. The Morgan fingerprint density at radius 1 is 1.38 bits per heavy atom. The monoisotopic (exact) mass is 337 g/mol. The van der Waals surface area contributed by atoms with E-state index in [2.05, 4.69) is 15.5 Å². The minimum absolute atomic E-state index is 0.0212. The molecule has 1 fully saturated rings. The van der Waals surface area contributed by atoms with Crippen LogP contribution in [0, 0.1) is 5.92 Å². The van der Waals surface area contributed by atoms with Crippen molar-refractivity contribution in [3.05, 3.63) is 24.2 Å². The number of furan rings is 1. The zero-order chi connectivity index (χ0) is 17.6. The number of likely N-dealkylation sites (tertiary alicyclic amines) is 1. The van der Waals surface area contributed by atoms with Crippen molar-refractivity contribution < 1.29 is 18.7 Å². The first-order valence-corrected chi connectivity index (χ1v) is 8.30. The second kappa shape index (κ2) is 8.19. The van der Waals surface area contributed by atoms with Crippen molar-refractivity contribution in [3.8, 4) is 0 Å². The molecule has 0 unspecified atom stereocenters. The molecule has 1 aliphatic heterocycles. The highest BCUT2D eigenvalue weighted by Crippen LogP contribution is 2.15. The van der Waals surface area contributed by atoms with Gasteiger partial charge >= 0.3 is 6.09 Å². The Balaban J connectivity index is 1.62. The van der Waals surface area contributed by atoms with E-state index in [1.165, 1.54) is 0 Å². The molecule has 2 amide bonds. The molecule has 0 saturated carbocycles. The smallest absolute Gasteiger partial charge is 0.407 e. The zero-order valence-electron chi connectivity index (χ0n) is 14.6. The van der Waals surface area contributed by atoms with Crippen LogP contribution in [0.25, 0.3) is 0 Å². The summed E-state index contributed by atoms with van der Waals surface area (Å²) in [5.41, 5.74) is -0.488. The van der Waals surface area contributed by atoms with Gasteiger partial charge in [-0.2, -0.15) is 0 Å². The van der Waals surface area contributed by atoms with E-state index in [1.807, 2.05) is 26.8 Å². The van der Waals surface area contributed by atoms with Gasteiger partial charge in [-0.25, -0.2) is 4.79 Å². The average Bonchev–Trinajstić information content (AvgIpc) is 3.12. The highest BCUT2D eigenvalue weighted by Gasteiger charge is 2.25. The van der Waals surface area contributed by atoms with Crippen molar-refractivity contribution in [2.45, 2.75) is 39.3 Å². The summed E-state index contributed by atoms with van der Waals surface area (Å²) in [5, 5.41) is 5.64. The minimum atomic E-state index is -0.488. The fourth-order valence-corrected chi connectivity index (χ4v) is 2.62. The maximum atomic E-state index is 11.9. The van der Waals surface area contributed by atoms with E-state index in [0.29, 0.717) is 25.6 Å². The van der Waals surface area contributed by atoms with Gasteiger partial charge in [0.15, 0.2) is 0 Å². The number of carbonyl (C=O) groups excluding carboxylic acids is 2. The maximum Gasteiger partial charge on any atom is 0.407 e. The lowest BCUT2D eigenvalue weighted by Gasteiger charge is -2.21. The van der Waals surface area contributed by atoms with Gasteiger partial charge < -0.3 is 19.8 Å². The van der Waals surface area contributed by atoms with Crippen LogP contribution in [0.3, 0.4) is 0 Å². The van der Waals surface area contributed by atoms with E-state index in [0.717, 1.165) is 25.3 Å². The molecule has 7 heteroatoms. The number of rotatable bonds is 6. The second-order valence-corrected chi connectivity index (χ2v) is 7.13. The number of amides is 2. The zero-order valence-corrected chi connectivity index (χ0v) is 14.6. The summed E-state index contributed by atoms with van der Waals surface area (Å²) >= 11 is 0. The minimum Gasteiger partial charge on any atom is -0.467 e. The van der Waals surface area contributed by atoms with E-state index in [1.54, 1.807) is 12.3 Å². The first-order valence-electron chi connectivity index (χ1n) is 8.30. The molecule has 0 radical (unpaired) electrons. The van der Waals surface area contributed by atoms with Gasteiger partial charge in [0.2, 0.25) is 5.91 Å². The largest absolute Gasteiger partial charge is 0.467 e. The number of hydrogen-bond donors (Lipinski definition) is 2. The van der Waals surface area contributed by atoms with Gasteiger partial charge in [-0.3, -0.25) is 9.69 Å². The molecule has 1 aromatic heterocycles. The average molecular weight is 337 g/mol. The van der Waals surface area contributed by atoms with E-state index < -0.39 is 11.7 Å². The molecule has 1 aliphatic rings. The number of ether oxygens (including phenoxy) is 1. The molecule has 7 nitrogen and oxygen atoms in total. The number of carbonyl (C=O) groups is 2. The molecule has 1 saturated heterocycles.